The van der Waals surface area contributed by atoms with E-state index in [2.05, 4.69) is 29.1 Å². The van der Waals surface area contributed by atoms with E-state index in [4.69, 9.17) is 9.84 Å². The molecular weight excluding hydrogens is 270 g/mol. The van der Waals surface area contributed by atoms with Crippen molar-refractivity contribution in [2.75, 3.05) is 19.7 Å². The van der Waals surface area contributed by atoms with Gasteiger partial charge in [-0.2, -0.15) is 5.10 Å². The molecule has 0 amide bonds. The number of morpholine rings is 1. The SMILES string of the molecule is CCn1nc(CN2CCOC(C(=O)O)C2)c2ccccc21. The van der Waals surface area contributed by atoms with Crippen molar-refractivity contribution in [1.82, 2.24) is 14.7 Å². The molecule has 21 heavy (non-hydrogen) atoms. The average molecular weight is 289 g/mol. The summed E-state index contributed by atoms with van der Waals surface area (Å²) in [5.41, 5.74) is 2.12. The number of aliphatic carboxylic acids is 1. The van der Waals surface area contributed by atoms with Crippen molar-refractivity contribution in [3.63, 3.8) is 0 Å². The largest absolute Gasteiger partial charge is 0.479 e. The minimum atomic E-state index is -0.899. The fourth-order valence-corrected chi connectivity index (χ4v) is 2.76. The number of aryl methyl sites for hydroxylation is 1. The molecular formula is C15H19N3O3. The minimum Gasteiger partial charge on any atom is -0.479 e. The van der Waals surface area contributed by atoms with Crippen LogP contribution < -0.4 is 0 Å². The molecule has 0 radical (unpaired) electrons. The Labute approximate surface area is 122 Å². The quantitative estimate of drug-likeness (QED) is 0.920. The van der Waals surface area contributed by atoms with E-state index in [1.165, 1.54) is 0 Å². The summed E-state index contributed by atoms with van der Waals surface area (Å²) in [6.07, 6.45) is -0.738. The Kier molecular flexibility index (Phi) is 3.90. The molecule has 1 aliphatic rings. The van der Waals surface area contributed by atoms with Gasteiger partial charge in [0.1, 0.15) is 0 Å². The van der Waals surface area contributed by atoms with Crippen LogP contribution >= 0.6 is 0 Å². The number of fused-ring (bicyclic) bond motifs is 1. The molecule has 3 rings (SSSR count). The lowest BCUT2D eigenvalue weighted by Crippen LogP contribution is -2.45. The van der Waals surface area contributed by atoms with Gasteiger partial charge in [-0.05, 0) is 13.0 Å². The Bertz CT molecular complexity index is 653. The summed E-state index contributed by atoms with van der Waals surface area (Å²) in [6, 6.07) is 8.15. The van der Waals surface area contributed by atoms with E-state index >= 15 is 0 Å². The molecule has 1 N–H and O–H groups in total. The standard InChI is InChI=1S/C15H19N3O3/c1-2-18-13-6-4-3-5-11(13)12(16-18)9-17-7-8-21-14(10-17)15(19)20/h3-6,14H,2,7-10H2,1H3,(H,19,20). The van der Waals surface area contributed by atoms with Crippen LogP contribution in [0.5, 0.6) is 0 Å². The number of rotatable bonds is 4. The van der Waals surface area contributed by atoms with Crippen LogP contribution in [0.4, 0.5) is 0 Å². The van der Waals surface area contributed by atoms with Crippen LogP contribution in [0.3, 0.4) is 0 Å². The zero-order chi connectivity index (χ0) is 14.8. The maximum Gasteiger partial charge on any atom is 0.334 e. The molecule has 6 nitrogen and oxygen atoms in total. The summed E-state index contributed by atoms with van der Waals surface area (Å²) in [6.45, 7) is 5.13. The van der Waals surface area contributed by atoms with Crippen LogP contribution in [0.2, 0.25) is 0 Å². The third kappa shape index (κ3) is 2.77. The molecule has 1 aromatic heterocycles. The zero-order valence-electron chi connectivity index (χ0n) is 12.0. The van der Waals surface area contributed by atoms with Gasteiger partial charge in [0.2, 0.25) is 0 Å². The number of aromatic nitrogens is 2. The van der Waals surface area contributed by atoms with Crippen LogP contribution in [-0.2, 0) is 22.6 Å². The first-order chi connectivity index (χ1) is 10.2. The normalized spacial score (nSPS) is 20.0. The van der Waals surface area contributed by atoms with Gasteiger partial charge in [-0.3, -0.25) is 9.58 Å². The number of ether oxygens (including phenoxy) is 1. The monoisotopic (exact) mass is 289 g/mol. The van der Waals surface area contributed by atoms with Crippen molar-refractivity contribution in [1.29, 1.82) is 0 Å². The Morgan fingerprint density at radius 2 is 2.29 bits per heavy atom. The molecule has 1 aromatic carbocycles. The Morgan fingerprint density at radius 3 is 3.05 bits per heavy atom. The average Bonchev–Trinajstić information content (AvgIpc) is 2.86. The molecule has 0 spiro atoms. The van der Waals surface area contributed by atoms with Gasteiger partial charge in [0.05, 0.1) is 17.8 Å². The lowest BCUT2D eigenvalue weighted by Gasteiger charge is -2.30. The molecule has 1 fully saturated rings. The van der Waals surface area contributed by atoms with Gasteiger partial charge in [0, 0.05) is 31.6 Å². The van der Waals surface area contributed by atoms with Crippen LogP contribution in [0, 0.1) is 0 Å². The maximum absolute atomic E-state index is 11.0. The van der Waals surface area contributed by atoms with E-state index in [1.54, 1.807) is 0 Å². The van der Waals surface area contributed by atoms with Crippen molar-refractivity contribution in [3.8, 4) is 0 Å². The molecule has 2 heterocycles. The second-order valence-corrected chi connectivity index (χ2v) is 5.21. The Morgan fingerprint density at radius 1 is 1.48 bits per heavy atom. The Hall–Kier alpha value is -1.92. The lowest BCUT2D eigenvalue weighted by atomic mass is 10.2. The van der Waals surface area contributed by atoms with E-state index in [0.717, 1.165) is 29.7 Å². The molecule has 1 aliphatic heterocycles. The fraction of sp³-hybridized carbons (Fsp3) is 0.467. The molecule has 112 valence electrons. The van der Waals surface area contributed by atoms with Crippen molar-refractivity contribution >= 4 is 16.9 Å². The number of benzene rings is 1. The third-order valence-electron chi connectivity index (χ3n) is 3.83. The van der Waals surface area contributed by atoms with E-state index in [0.29, 0.717) is 19.7 Å². The third-order valence-corrected chi connectivity index (χ3v) is 3.83. The van der Waals surface area contributed by atoms with Gasteiger partial charge in [-0.15, -0.1) is 0 Å². The lowest BCUT2D eigenvalue weighted by molar-refractivity contribution is -0.156. The summed E-state index contributed by atoms with van der Waals surface area (Å²) < 4.78 is 7.24. The van der Waals surface area contributed by atoms with Gasteiger partial charge in [-0.25, -0.2) is 4.79 Å². The zero-order valence-corrected chi connectivity index (χ0v) is 12.0. The molecule has 0 aliphatic carbocycles. The Balaban J connectivity index is 1.83. The van der Waals surface area contributed by atoms with E-state index in [-0.39, 0.29) is 0 Å². The highest BCUT2D eigenvalue weighted by Gasteiger charge is 2.27. The molecule has 1 unspecified atom stereocenters. The summed E-state index contributed by atoms with van der Waals surface area (Å²) in [4.78, 5) is 13.1. The number of nitrogens with zero attached hydrogens (tertiary/aromatic N) is 3. The van der Waals surface area contributed by atoms with Crippen LogP contribution in [0.25, 0.3) is 10.9 Å². The maximum atomic E-state index is 11.0. The number of hydrogen-bond donors (Lipinski definition) is 1. The predicted octanol–water partition coefficient (Wildman–Crippen LogP) is 1.34. The smallest absolute Gasteiger partial charge is 0.334 e. The van der Waals surface area contributed by atoms with Crippen molar-refractivity contribution in [2.24, 2.45) is 0 Å². The summed E-state index contributed by atoms with van der Waals surface area (Å²) in [5.74, 6) is -0.899. The van der Waals surface area contributed by atoms with E-state index in [1.807, 2.05) is 16.8 Å². The van der Waals surface area contributed by atoms with E-state index < -0.39 is 12.1 Å². The second kappa shape index (κ2) is 5.83. The van der Waals surface area contributed by atoms with Crippen LogP contribution in [-0.4, -0.2) is 51.6 Å². The van der Waals surface area contributed by atoms with Crippen LogP contribution in [0.15, 0.2) is 24.3 Å². The summed E-state index contributed by atoms with van der Waals surface area (Å²) >= 11 is 0. The van der Waals surface area contributed by atoms with Gasteiger partial charge < -0.3 is 9.84 Å². The minimum absolute atomic E-state index is 0.405. The number of hydrogen-bond acceptors (Lipinski definition) is 4. The van der Waals surface area contributed by atoms with Gasteiger partial charge in [0.15, 0.2) is 6.10 Å². The highest BCUT2D eigenvalue weighted by Crippen LogP contribution is 2.20. The first-order valence-electron chi connectivity index (χ1n) is 7.20. The molecule has 0 bridgehead atoms. The van der Waals surface area contributed by atoms with Crippen molar-refractivity contribution < 1.29 is 14.6 Å². The number of carboxylic acids is 1. The highest BCUT2D eigenvalue weighted by atomic mass is 16.5. The number of carboxylic acid groups (broad SMARTS) is 1. The number of para-hydroxylation sites is 1. The molecule has 1 atom stereocenters. The summed E-state index contributed by atoms with van der Waals surface area (Å²) in [7, 11) is 0. The summed E-state index contributed by atoms with van der Waals surface area (Å²) in [5, 5.41) is 14.9. The molecule has 1 saturated heterocycles. The first kappa shape index (κ1) is 14.0. The fourth-order valence-electron chi connectivity index (χ4n) is 2.76. The van der Waals surface area contributed by atoms with Crippen molar-refractivity contribution in [3.05, 3.63) is 30.0 Å². The molecule has 0 saturated carbocycles. The van der Waals surface area contributed by atoms with Crippen molar-refractivity contribution in [2.45, 2.75) is 26.1 Å². The highest BCUT2D eigenvalue weighted by molar-refractivity contribution is 5.81. The van der Waals surface area contributed by atoms with Gasteiger partial charge in [0.25, 0.3) is 0 Å². The van der Waals surface area contributed by atoms with E-state index in [9.17, 15) is 4.79 Å². The molecule has 6 heteroatoms. The predicted molar refractivity (Wildman–Crippen MR) is 78.1 cm³/mol. The second-order valence-electron chi connectivity index (χ2n) is 5.21. The topological polar surface area (TPSA) is 67.6 Å². The van der Waals surface area contributed by atoms with Gasteiger partial charge >= 0.3 is 5.97 Å². The first-order valence-corrected chi connectivity index (χ1v) is 7.20. The van der Waals surface area contributed by atoms with Crippen LogP contribution in [0.1, 0.15) is 12.6 Å². The molecule has 2 aromatic rings. The van der Waals surface area contributed by atoms with Gasteiger partial charge in [-0.1, -0.05) is 18.2 Å². The number of carbonyl (C=O) groups is 1.